The van der Waals surface area contributed by atoms with Crippen molar-refractivity contribution in [1.29, 1.82) is 0 Å². The van der Waals surface area contributed by atoms with E-state index in [1.807, 2.05) is 66.7 Å². The van der Waals surface area contributed by atoms with Gasteiger partial charge in [0, 0.05) is 26.9 Å². The number of hydrogen-bond acceptors (Lipinski definition) is 4. The zero-order valence-corrected chi connectivity index (χ0v) is 21.7. The zero-order valence-electron chi connectivity index (χ0n) is 20.1. The second-order valence-electron chi connectivity index (χ2n) is 8.41. The first-order valence-electron chi connectivity index (χ1n) is 11.7. The van der Waals surface area contributed by atoms with Crippen LogP contribution < -0.4 is 10.6 Å². The van der Waals surface area contributed by atoms with Crippen molar-refractivity contribution < 1.29 is 14.4 Å². The first-order chi connectivity index (χ1) is 17.9. The number of halogens is 1. The highest BCUT2D eigenvalue weighted by Gasteiger charge is 2.22. The fourth-order valence-electron chi connectivity index (χ4n) is 3.64. The highest BCUT2D eigenvalue weighted by molar-refractivity contribution is 8.00. The maximum absolute atomic E-state index is 13.3. The summed E-state index contributed by atoms with van der Waals surface area (Å²) in [6.07, 6.45) is 0.247. The lowest BCUT2D eigenvalue weighted by Gasteiger charge is -2.17. The van der Waals surface area contributed by atoms with E-state index in [1.165, 1.54) is 18.7 Å². The fourth-order valence-corrected chi connectivity index (χ4v) is 4.79. The lowest BCUT2D eigenvalue weighted by atomic mass is 10.1. The smallest absolute Gasteiger partial charge is 0.242 e. The van der Waals surface area contributed by atoms with Gasteiger partial charge in [0.15, 0.2) is 5.78 Å². The van der Waals surface area contributed by atoms with Gasteiger partial charge in [0.2, 0.25) is 11.8 Å². The summed E-state index contributed by atoms with van der Waals surface area (Å²) < 4.78 is 0. The molecule has 0 aromatic heterocycles. The van der Waals surface area contributed by atoms with Crippen LogP contribution in [0.25, 0.3) is 0 Å². The zero-order chi connectivity index (χ0) is 26.2. The molecule has 4 aromatic carbocycles. The molecule has 2 N–H and O–H groups in total. The number of hydrogen-bond donors (Lipinski definition) is 2. The van der Waals surface area contributed by atoms with Gasteiger partial charge in [-0.3, -0.25) is 14.4 Å². The van der Waals surface area contributed by atoms with E-state index >= 15 is 0 Å². The van der Waals surface area contributed by atoms with Crippen LogP contribution in [0.1, 0.15) is 33.7 Å². The largest absolute Gasteiger partial charge is 0.326 e. The molecular weight excluding hydrogens is 504 g/mol. The van der Waals surface area contributed by atoms with E-state index in [0.29, 0.717) is 22.0 Å². The van der Waals surface area contributed by atoms with Crippen molar-refractivity contribution in [1.82, 2.24) is 0 Å². The van der Waals surface area contributed by atoms with Crippen LogP contribution in [0.2, 0.25) is 5.02 Å². The normalized spacial score (nSPS) is 11.4. The van der Waals surface area contributed by atoms with E-state index in [-0.39, 0.29) is 24.0 Å². The molecule has 0 fully saturated rings. The SMILES string of the molecule is CC(=O)c1ccc(NC(=O)C(Sc2ccc(NC(=O)Cc3ccc(Cl)cc3)cc2)c2ccccc2)cc1. The van der Waals surface area contributed by atoms with E-state index in [1.54, 1.807) is 36.4 Å². The summed E-state index contributed by atoms with van der Waals surface area (Å²) in [5, 5.41) is 5.98. The summed E-state index contributed by atoms with van der Waals surface area (Å²) in [6.45, 7) is 1.51. The van der Waals surface area contributed by atoms with Gasteiger partial charge in [-0.1, -0.05) is 54.1 Å². The van der Waals surface area contributed by atoms with Gasteiger partial charge in [0.25, 0.3) is 0 Å². The van der Waals surface area contributed by atoms with Gasteiger partial charge in [-0.25, -0.2) is 0 Å². The van der Waals surface area contributed by atoms with Crippen LogP contribution >= 0.6 is 23.4 Å². The Morgan fingerprint density at radius 2 is 1.35 bits per heavy atom. The number of Topliss-reactive ketones (excluding diaryl/α,β-unsaturated/α-hetero) is 1. The monoisotopic (exact) mass is 528 g/mol. The Bertz CT molecular complexity index is 1370. The Hall–Kier alpha value is -3.87. The second kappa shape index (κ2) is 12.4. The fraction of sp³-hybridized carbons (Fsp3) is 0.100. The number of rotatable bonds is 9. The minimum atomic E-state index is -0.501. The Kier molecular flexibility index (Phi) is 8.77. The summed E-state index contributed by atoms with van der Waals surface area (Å²) in [7, 11) is 0. The maximum atomic E-state index is 13.3. The molecule has 7 heteroatoms. The average molecular weight is 529 g/mol. The van der Waals surface area contributed by atoms with Gasteiger partial charge < -0.3 is 10.6 Å². The number of nitrogens with one attached hydrogen (secondary N) is 2. The molecule has 0 aliphatic heterocycles. The molecule has 0 aliphatic rings. The number of anilines is 2. The molecule has 186 valence electrons. The molecule has 0 aliphatic carbocycles. The molecule has 1 atom stereocenters. The van der Waals surface area contributed by atoms with Crippen molar-refractivity contribution in [3.63, 3.8) is 0 Å². The van der Waals surface area contributed by atoms with E-state index < -0.39 is 5.25 Å². The third-order valence-corrected chi connectivity index (χ3v) is 7.09. The van der Waals surface area contributed by atoms with Crippen LogP contribution in [0.5, 0.6) is 0 Å². The summed E-state index contributed by atoms with van der Waals surface area (Å²) in [6, 6.07) is 31.0. The van der Waals surface area contributed by atoms with Crippen molar-refractivity contribution in [3.05, 3.63) is 125 Å². The molecule has 1 unspecified atom stereocenters. The lowest BCUT2D eigenvalue weighted by molar-refractivity contribution is -0.116. The van der Waals surface area contributed by atoms with Gasteiger partial charge in [0.1, 0.15) is 5.25 Å². The number of thioether (sulfide) groups is 1. The molecule has 0 saturated heterocycles. The van der Waals surface area contributed by atoms with Gasteiger partial charge in [-0.05, 0) is 78.7 Å². The molecule has 0 saturated carbocycles. The van der Waals surface area contributed by atoms with Crippen molar-refractivity contribution >= 4 is 52.3 Å². The summed E-state index contributed by atoms with van der Waals surface area (Å²) in [4.78, 5) is 38.1. The molecule has 5 nitrogen and oxygen atoms in total. The molecule has 0 heterocycles. The molecule has 4 aromatic rings. The Balaban J connectivity index is 1.43. The molecule has 0 spiro atoms. The number of ketones is 1. The second-order valence-corrected chi connectivity index (χ2v) is 10.0. The Morgan fingerprint density at radius 3 is 1.97 bits per heavy atom. The Morgan fingerprint density at radius 1 is 0.757 bits per heavy atom. The first kappa shape index (κ1) is 26.2. The van der Waals surface area contributed by atoms with Crippen LogP contribution in [0, 0.1) is 0 Å². The van der Waals surface area contributed by atoms with Crippen molar-refractivity contribution in [2.75, 3.05) is 10.6 Å². The van der Waals surface area contributed by atoms with E-state index in [9.17, 15) is 14.4 Å². The minimum absolute atomic E-state index is 0.0276. The summed E-state index contributed by atoms with van der Waals surface area (Å²) >= 11 is 7.32. The van der Waals surface area contributed by atoms with Gasteiger partial charge in [-0.15, -0.1) is 11.8 Å². The maximum Gasteiger partial charge on any atom is 0.242 e. The standard InChI is InChI=1S/C30H25ClN2O3S/c1-20(34)22-9-13-26(14-10-22)33-30(36)29(23-5-3-2-4-6-23)37-27-17-15-25(16-18-27)32-28(35)19-21-7-11-24(31)12-8-21/h2-18,29H,19H2,1H3,(H,32,35)(H,33,36). The molecule has 0 bridgehead atoms. The number of benzene rings is 4. The number of carbonyl (C=O) groups is 3. The molecule has 4 rings (SSSR count). The predicted molar refractivity (Wildman–Crippen MR) is 150 cm³/mol. The minimum Gasteiger partial charge on any atom is -0.326 e. The van der Waals surface area contributed by atoms with Crippen molar-refractivity contribution in [2.24, 2.45) is 0 Å². The summed E-state index contributed by atoms with van der Waals surface area (Å²) in [5.41, 5.74) is 3.63. The lowest BCUT2D eigenvalue weighted by Crippen LogP contribution is -2.19. The molecule has 37 heavy (non-hydrogen) atoms. The highest BCUT2D eigenvalue weighted by Crippen LogP contribution is 2.36. The topological polar surface area (TPSA) is 75.3 Å². The van der Waals surface area contributed by atoms with Crippen molar-refractivity contribution in [3.8, 4) is 0 Å². The first-order valence-corrected chi connectivity index (χ1v) is 12.9. The van der Waals surface area contributed by atoms with E-state index in [0.717, 1.165) is 16.0 Å². The predicted octanol–water partition coefficient (Wildman–Crippen LogP) is 7.20. The van der Waals surface area contributed by atoms with Crippen LogP contribution in [-0.2, 0) is 16.0 Å². The van der Waals surface area contributed by atoms with Crippen LogP contribution in [0.4, 0.5) is 11.4 Å². The molecular formula is C30H25ClN2O3S. The Labute approximate surface area is 225 Å². The average Bonchev–Trinajstić information content (AvgIpc) is 2.90. The van der Waals surface area contributed by atoms with Crippen molar-refractivity contribution in [2.45, 2.75) is 23.5 Å². The van der Waals surface area contributed by atoms with Gasteiger partial charge in [0.05, 0.1) is 6.42 Å². The number of amides is 2. The quantitative estimate of drug-likeness (QED) is 0.178. The highest BCUT2D eigenvalue weighted by atomic mass is 35.5. The number of carbonyl (C=O) groups excluding carboxylic acids is 3. The van der Waals surface area contributed by atoms with E-state index in [2.05, 4.69) is 10.6 Å². The van der Waals surface area contributed by atoms with Crippen LogP contribution in [0.15, 0.2) is 108 Å². The van der Waals surface area contributed by atoms with Crippen LogP contribution in [-0.4, -0.2) is 17.6 Å². The molecule has 2 amide bonds. The van der Waals surface area contributed by atoms with Gasteiger partial charge in [-0.2, -0.15) is 0 Å². The third kappa shape index (κ3) is 7.56. The molecule has 0 radical (unpaired) electrons. The van der Waals surface area contributed by atoms with Gasteiger partial charge >= 0.3 is 0 Å². The summed E-state index contributed by atoms with van der Waals surface area (Å²) in [5.74, 6) is -0.326. The third-order valence-electron chi connectivity index (χ3n) is 5.57. The van der Waals surface area contributed by atoms with Crippen LogP contribution in [0.3, 0.4) is 0 Å². The van der Waals surface area contributed by atoms with E-state index in [4.69, 9.17) is 11.6 Å².